The van der Waals surface area contributed by atoms with Crippen LogP contribution in [0.5, 0.6) is 18.0 Å². The number of ether oxygens (including phenoxy) is 3. The zero-order valence-corrected chi connectivity index (χ0v) is 24.6. The van der Waals surface area contributed by atoms with Gasteiger partial charge in [0.05, 0.1) is 50.1 Å². The number of carbonyl (C=O) groups is 9. The molecule has 258 valence electrons. The first-order chi connectivity index (χ1) is 24.0. The van der Waals surface area contributed by atoms with Crippen LogP contribution in [0.1, 0.15) is 93.2 Å². The molecule has 1 aromatic heterocycles. The highest BCUT2D eigenvalue weighted by atomic mass is 16.6. The molecular weight excluding hydrogens is 690 g/mol. The second-order valence-electron chi connectivity index (χ2n) is 9.46. The normalized spacial score (nSPS) is 10.4. The van der Waals surface area contributed by atoms with E-state index in [1.807, 2.05) is 0 Å². The number of nitrogens with zero attached hydrogens (tertiary/aromatic N) is 3. The van der Waals surface area contributed by atoms with Crippen LogP contribution in [0.15, 0.2) is 54.6 Å². The second-order valence-corrected chi connectivity index (χ2v) is 9.46. The van der Waals surface area contributed by atoms with Crippen molar-refractivity contribution < 1.29 is 88.0 Å². The van der Waals surface area contributed by atoms with Crippen molar-refractivity contribution in [2.75, 3.05) is 0 Å². The van der Waals surface area contributed by atoms with Crippen molar-refractivity contribution in [2.24, 2.45) is 0 Å². The summed E-state index contributed by atoms with van der Waals surface area (Å²) >= 11 is 0. The quantitative estimate of drug-likeness (QED) is 0.114. The summed E-state index contributed by atoms with van der Waals surface area (Å²) in [5.74, 6) is -14.4. The van der Waals surface area contributed by atoms with Crippen LogP contribution in [0.4, 0.5) is 0 Å². The van der Waals surface area contributed by atoms with Gasteiger partial charge in [-0.2, -0.15) is 0 Å². The van der Waals surface area contributed by atoms with Crippen LogP contribution in [0.25, 0.3) is 0 Å². The monoisotopic (exact) mass is 705 g/mol. The van der Waals surface area contributed by atoms with Gasteiger partial charge in [0, 0.05) is 0 Å². The Morgan fingerprint density at radius 3 is 0.765 bits per heavy atom. The number of aromatic nitrogens is 3. The van der Waals surface area contributed by atoms with E-state index in [0.717, 1.165) is 36.4 Å². The highest BCUT2D eigenvalue weighted by molar-refractivity contribution is 6.06. The summed E-state index contributed by atoms with van der Waals surface area (Å²) in [5.41, 5.74) is -6.20. The molecule has 51 heavy (non-hydrogen) atoms. The van der Waals surface area contributed by atoms with Gasteiger partial charge in [-0.1, -0.05) is 0 Å². The summed E-state index contributed by atoms with van der Waals surface area (Å²) in [6.07, 6.45) is 0. The highest BCUT2D eigenvalue weighted by Gasteiger charge is 2.25. The van der Waals surface area contributed by atoms with E-state index >= 15 is 0 Å². The van der Waals surface area contributed by atoms with Gasteiger partial charge < -0.3 is 44.8 Å². The summed E-state index contributed by atoms with van der Waals surface area (Å²) < 4.78 is 14.9. The molecule has 3 aromatic carbocycles. The maximum absolute atomic E-state index is 12.9. The Hall–Kier alpha value is -8.10. The average Bonchev–Trinajstić information content (AvgIpc) is 3.06. The van der Waals surface area contributed by atoms with E-state index in [0.29, 0.717) is 18.2 Å². The van der Waals surface area contributed by atoms with Gasteiger partial charge in [-0.15, -0.1) is 15.0 Å². The van der Waals surface area contributed by atoms with Crippen molar-refractivity contribution in [3.05, 3.63) is 105 Å². The molecule has 1 heterocycles. The number of hydrogen-bond acceptors (Lipinski definition) is 15. The van der Waals surface area contributed by atoms with E-state index in [9.17, 15) is 73.8 Å². The van der Waals surface area contributed by atoms with E-state index in [2.05, 4.69) is 15.0 Å². The van der Waals surface area contributed by atoms with E-state index in [-0.39, 0.29) is 0 Å². The predicted octanol–water partition coefficient (Wildman–Crippen LogP) is 1.72. The molecular formula is C30H15N3O18. The van der Waals surface area contributed by atoms with Gasteiger partial charge in [-0.05, 0) is 54.6 Å². The van der Waals surface area contributed by atoms with Gasteiger partial charge in [0.15, 0.2) is 0 Å². The van der Waals surface area contributed by atoms with Crippen LogP contribution < -0.4 is 14.2 Å². The summed E-state index contributed by atoms with van der Waals surface area (Å²) in [7, 11) is 0. The number of benzene rings is 3. The zero-order chi connectivity index (χ0) is 37.7. The van der Waals surface area contributed by atoms with Crippen molar-refractivity contribution in [1.29, 1.82) is 0 Å². The third-order valence-electron chi connectivity index (χ3n) is 6.27. The number of carboxylic acid groups (broad SMARTS) is 6. The van der Waals surface area contributed by atoms with E-state index in [1.165, 1.54) is 0 Å². The Morgan fingerprint density at radius 2 is 0.569 bits per heavy atom. The fourth-order valence-corrected chi connectivity index (χ4v) is 3.99. The number of hydrogen-bond donors (Lipinski definition) is 6. The molecule has 0 atom stereocenters. The fourth-order valence-electron chi connectivity index (χ4n) is 3.99. The van der Waals surface area contributed by atoms with Crippen molar-refractivity contribution >= 4 is 53.7 Å². The minimum atomic E-state index is -1.73. The van der Waals surface area contributed by atoms with Crippen molar-refractivity contribution in [3.63, 3.8) is 0 Å². The number of carbonyl (C=O) groups excluding carboxylic acids is 3. The maximum atomic E-state index is 12.9. The SMILES string of the molecule is O=C(Oc1nc(OC(=O)c2ccc(C(=O)O)c(C(=O)O)c2)nc(OC(=O)c2ccc(C(=O)O)c(C(=O)O)c2)n1)c1ccc(C(=O)O)c(C(=O)O)c1. The van der Waals surface area contributed by atoms with Gasteiger partial charge in [0.2, 0.25) is 0 Å². The minimum absolute atomic E-state index is 0.561. The van der Waals surface area contributed by atoms with Crippen LogP contribution in [-0.4, -0.2) is 99.3 Å². The van der Waals surface area contributed by atoms with Crippen molar-refractivity contribution in [3.8, 4) is 18.0 Å². The van der Waals surface area contributed by atoms with Crippen molar-refractivity contribution in [2.45, 2.75) is 0 Å². The van der Waals surface area contributed by atoms with Gasteiger partial charge in [-0.3, -0.25) is 0 Å². The Kier molecular flexibility index (Phi) is 10.1. The van der Waals surface area contributed by atoms with Crippen LogP contribution >= 0.6 is 0 Å². The number of aromatic carboxylic acids is 6. The molecule has 21 nitrogen and oxygen atoms in total. The summed E-state index contributed by atoms with van der Waals surface area (Å²) in [5, 5.41) is 55.7. The molecule has 0 saturated heterocycles. The largest absolute Gasteiger partial charge is 0.478 e. The van der Waals surface area contributed by atoms with E-state index < -0.39 is 122 Å². The number of esters is 3. The van der Waals surface area contributed by atoms with Gasteiger partial charge in [0.1, 0.15) is 0 Å². The van der Waals surface area contributed by atoms with Gasteiger partial charge in [-0.25, -0.2) is 43.2 Å². The molecule has 0 fully saturated rings. The lowest BCUT2D eigenvalue weighted by Crippen LogP contribution is -2.18. The molecule has 0 bridgehead atoms. The molecule has 4 aromatic rings. The third-order valence-corrected chi connectivity index (χ3v) is 6.27. The lowest BCUT2D eigenvalue weighted by molar-refractivity contribution is 0.0648. The molecule has 0 amide bonds. The third kappa shape index (κ3) is 8.07. The molecule has 6 N–H and O–H groups in total. The Bertz CT molecular complexity index is 1970. The number of rotatable bonds is 12. The lowest BCUT2D eigenvalue weighted by Gasteiger charge is -2.10. The zero-order valence-electron chi connectivity index (χ0n) is 24.6. The Morgan fingerprint density at radius 1 is 0.353 bits per heavy atom. The molecule has 0 aliphatic heterocycles. The van der Waals surface area contributed by atoms with E-state index in [1.54, 1.807) is 0 Å². The average molecular weight is 705 g/mol. The molecule has 0 aliphatic carbocycles. The first-order valence-electron chi connectivity index (χ1n) is 13.2. The molecule has 21 heteroatoms. The van der Waals surface area contributed by atoms with Crippen LogP contribution in [0.2, 0.25) is 0 Å². The maximum Gasteiger partial charge on any atom is 0.345 e. The standard InChI is InChI=1S/C30H15N3O18/c34-19(35)13-4-1-10(7-16(13)22(40)41)25(46)49-28-31-29(50-26(47)11-2-5-14(20(36)37)17(8-11)23(42)43)33-30(32-28)51-27(48)12-3-6-15(21(38)39)18(9-12)24(44)45/h1-9H,(H,34,35)(H,36,37)(H,38,39)(H,40,41)(H,42,43)(H,44,45). The molecule has 0 radical (unpaired) electrons. The second kappa shape index (κ2) is 14.3. The van der Waals surface area contributed by atoms with Crippen LogP contribution in [0.3, 0.4) is 0 Å². The van der Waals surface area contributed by atoms with E-state index in [4.69, 9.17) is 14.2 Å². The lowest BCUT2D eigenvalue weighted by atomic mass is 10.0. The fraction of sp³-hybridized carbons (Fsp3) is 0. The summed E-state index contributed by atoms with van der Waals surface area (Å²) in [4.78, 5) is 118. The highest BCUT2D eigenvalue weighted by Crippen LogP contribution is 2.22. The minimum Gasteiger partial charge on any atom is -0.478 e. The molecule has 4 rings (SSSR count). The topological polar surface area (TPSA) is 341 Å². The Balaban J connectivity index is 1.73. The van der Waals surface area contributed by atoms with Gasteiger partial charge >= 0.3 is 71.8 Å². The molecule has 0 spiro atoms. The Labute approximate surface area is 279 Å². The first kappa shape index (κ1) is 35.7. The number of carboxylic acids is 6. The van der Waals surface area contributed by atoms with Gasteiger partial charge in [0.25, 0.3) is 0 Å². The molecule has 0 saturated carbocycles. The summed E-state index contributed by atoms with van der Waals surface area (Å²) in [6, 6.07) is 3.54. The van der Waals surface area contributed by atoms with Crippen LogP contribution in [0, 0.1) is 0 Å². The van der Waals surface area contributed by atoms with Crippen molar-refractivity contribution in [1.82, 2.24) is 15.0 Å². The predicted molar refractivity (Wildman–Crippen MR) is 156 cm³/mol. The first-order valence-corrected chi connectivity index (χ1v) is 13.2. The molecule has 0 unspecified atom stereocenters. The van der Waals surface area contributed by atoms with Crippen LogP contribution in [-0.2, 0) is 0 Å². The molecule has 0 aliphatic rings. The smallest absolute Gasteiger partial charge is 0.345 e. The summed E-state index contributed by atoms with van der Waals surface area (Å²) in [6.45, 7) is 0.